The Morgan fingerprint density at radius 1 is 0.800 bits per heavy atom. The van der Waals surface area contributed by atoms with Crippen molar-refractivity contribution in [3.8, 4) is 0 Å². The van der Waals surface area contributed by atoms with Gasteiger partial charge in [-0.25, -0.2) is 12.2 Å². The van der Waals surface area contributed by atoms with Crippen molar-refractivity contribution in [1.29, 1.82) is 0 Å². The number of hydrogen-bond acceptors (Lipinski definition) is 0. The molecule has 0 atom stereocenters. The molecule has 0 aliphatic heterocycles. The molecule has 1 aliphatic rings. The Balaban J connectivity index is 0.000000268. The van der Waals surface area contributed by atoms with Gasteiger partial charge in [-0.15, -0.1) is 6.42 Å². The predicted octanol–water partition coefficient (Wildman–Crippen LogP) is 4.89. The predicted molar refractivity (Wildman–Crippen MR) is 81.6 cm³/mol. The molecule has 3 rings (SSSR count). The number of hydrogen-bond donors (Lipinski definition) is 0. The molecule has 0 N–H and O–H groups in total. The zero-order valence-electron chi connectivity index (χ0n) is 12.1. The maximum atomic E-state index is 2.99. The van der Waals surface area contributed by atoms with E-state index in [1.54, 1.807) is 0 Å². The van der Waals surface area contributed by atoms with E-state index in [0.29, 0.717) is 0 Å². The first-order valence-corrected chi connectivity index (χ1v) is 6.36. The van der Waals surface area contributed by atoms with E-state index in [9.17, 15) is 0 Å². The van der Waals surface area contributed by atoms with E-state index < -0.39 is 0 Å². The second kappa shape index (κ2) is 12.7. The molecule has 0 heterocycles. The Morgan fingerprint density at radius 3 is 1.40 bits per heavy atom. The fourth-order valence-electron chi connectivity index (χ4n) is 1.28. The van der Waals surface area contributed by atoms with Crippen molar-refractivity contribution >= 4 is 0 Å². The molecular weight excluding hydrogens is 276 g/mol. The van der Waals surface area contributed by atoms with Crippen LogP contribution in [0.15, 0.2) is 66.8 Å². The number of allylic oxidation sites excluding steroid dienone is 4. The summed E-state index contributed by atoms with van der Waals surface area (Å²) in [7, 11) is 0. The molecule has 99 valence electrons. The molecule has 0 amide bonds. The average Bonchev–Trinajstić information content (AvgIpc) is 3.00. The summed E-state index contributed by atoms with van der Waals surface area (Å²) < 4.78 is 0. The van der Waals surface area contributed by atoms with Crippen LogP contribution in [0.25, 0.3) is 0 Å². The van der Waals surface area contributed by atoms with E-state index in [0.717, 1.165) is 6.42 Å². The van der Waals surface area contributed by atoms with Crippen LogP contribution in [0.5, 0.6) is 0 Å². The summed E-state index contributed by atoms with van der Waals surface area (Å²) in [6, 6.07) is 21.6. The summed E-state index contributed by atoms with van der Waals surface area (Å²) in [6.45, 7) is 4.13. The molecule has 2 aromatic carbocycles. The van der Waals surface area contributed by atoms with E-state index in [2.05, 4.69) is 38.1 Å². The fraction of sp³-hybridized carbons (Fsp3) is 0.158. The molecule has 0 spiro atoms. The van der Waals surface area contributed by atoms with Gasteiger partial charge < -0.3 is 0 Å². The fourth-order valence-corrected chi connectivity index (χ4v) is 1.28. The van der Waals surface area contributed by atoms with Gasteiger partial charge in [-0.2, -0.15) is 77.9 Å². The van der Waals surface area contributed by atoms with Crippen LogP contribution in [0.4, 0.5) is 0 Å². The maximum absolute atomic E-state index is 2.99. The van der Waals surface area contributed by atoms with Crippen molar-refractivity contribution in [2.75, 3.05) is 0 Å². The quantitative estimate of drug-likeness (QED) is 0.479. The van der Waals surface area contributed by atoms with Crippen LogP contribution in [0.2, 0.25) is 0 Å². The van der Waals surface area contributed by atoms with Crippen molar-refractivity contribution in [2.45, 2.75) is 20.3 Å². The van der Waals surface area contributed by atoms with Crippen LogP contribution in [-0.4, -0.2) is 0 Å². The molecule has 1 aliphatic carbocycles. The van der Waals surface area contributed by atoms with Gasteiger partial charge in [0.05, 0.1) is 0 Å². The first-order chi connectivity index (χ1) is 9.29. The Kier molecular flexibility index (Phi) is 11.8. The minimum Gasteiger partial charge on any atom is -0.273 e. The van der Waals surface area contributed by atoms with Gasteiger partial charge in [0.25, 0.3) is 0 Å². The monoisotopic (exact) mass is 295 g/mol. The molecule has 0 saturated heterocycles. The van der Waals surface area contributed by atoms with Crippen LogP contribution in [-0.2, 0) is 21.7 Å². The standard InChI is InChI=1S/2C7H7.C5H5.Ti/c2*1-7-5-3-2-4-6-7;1-2-4-5-3-1;/h2*3-6H,1H3;1-3H,4H2;/q3*-1;+3. The minimum atomic E-state index is 0. The second-order valence-corrected chi connectivity index (χ2v) is 4.16. The van der Waals surface area contributed by atoms with Gasteiger partial charge in [0.2, 0.25) is 0 Å². The van der Waals surface area contributed by atoms with Gasteiger partial charge >= 0.3 is 21.7 Å². The van der Waals surface area contributed by atoms with E-state index >= 15 is 0 Å². The zero-order chi connectivity index (χ0) is 13.8. The van der Waals surface area contributed by atoms with Crippen LogP contribution in [0.3, 0.4) is 0 Å². The topological polar surface area (TPSA) is 0 Å². The molecular formula is C19H19Ti. The van der Waals surface area contributed by atoms with Gasteiger partial charge in [0, 0.05) is 0 Å². The van der Waals surface area contributed by atoms with Crippen LogP contribution in [0, 0.1) is 32.1 Å². The smallest absolute Gasteiger partial charge is 0.273 e. The average molecular weight is 295 g/mol. The first-order valence-electron chi connectivity index (χ1n) is 6.36. The molecule has 0 fully saturated rings. The zero-order valence-corrected chi connectivity index (χ0v) is 13.6. The third kappa shape index (κ3) is 10.5. The van der Waals surface area contributed by atoms with E-state index in [-0.39, 0.29) is 21.7 Å². The van der Waals surface area contributed by atoms with E-state index in [1.807, 2.05) is 60.7 Å². The third-order valence-corrected chi connectivity index (χ3v) is 2.36. The van der Waals surface area contributed by atoms with Gasteiger partial charge in [0.15, 0.2) is 0 Å². The SMILES string of the molecule is Cc1cc[c-]cc1.Cc1cc[c-]cc1.[C-]1=CC=CC1.[Ti+3]. The summed E-state index contributed by atoms with van der Waals surface area (Å²) in [5.74, 6) is 0. The molecule has 1 heteroatoms. The molecule has 0 nitrogen and oxygen atoms in total. The number of benzene rings is 2. The molecule has 20 heavy (non-hydrogen) atoms. The number of aryl methyl sites for hydroxylation is 2. The van der Waals surface area contributed by atoms with Crippen molar-refractivity contribution in [3.05, 3.63) is 96.1 Å². The molecule has 2 aromatic rings. The van der Waals surface area contributed by atoms with Gasteiger partial charge in [-0.3, -0.25) is 6.08 Å². The molecule has 0 unspecified atom stereocenters. The Hall–Kier alpha value is -1.37. The molecule has 0 saturated carbocycles. The Bertz CT molecular complexity index is 436. The first kappa shape index (κ1) is 18.6. The summed E-state index contributed by atoms with van der Waals surface area (Å²) >= 11 is 0. The normalized spacial score (nSPS) is 10.5. The molecule has 1 radical (unpaired) electrons. The summed E-state index contributed by atoms with van der Waals surface area (Å²) in [5.41, 5.74) is 2.58. The summed E-state index contributed by atoms with van der Waals surface area (Å²) in [6.07, 6.45) is 10.0. The van der Waals surface area contributed by atoms with Crippen LogP contribution < -0.4 is 0 Å². The van der Waals surface area contributed by atoms with Gasteiger partial charge in [-0.1, -0.05) is 13.8 Å². The summed E-state index contributed by atoms with van der Waals surface area (Å²) in [4.78, 5) is 0. The Morgan fingerprint density at radius 2 is 1.25 bits per heavy atom. The van der Waals surface area contributed by atoms with Crippen molar-refractivity contribution in [1.82, 2.24) is 0 Å². The minimum absolute atomic E-state index is 0. The van der Waals surface area contributed by atoms with Crippen molar-refractivity contribution < 1.29 is 21.7 Å². The number of rotatable bonds is 0. The van der Waals surface area contributed by atoms with E-state index in [1.165, 1.54) is 11.1 Å². The van der Waals surface area contributed by atoms with Gasteiger partial charge in [-0.05, 0) is 0 Å². The molecule has 0 aromatic heterocycles. The largest absolute Gasteiger partial charge is 3.00 e. The summed E-state index contributed by atoms with van der Waals surface area (Å²) in [5, 5.41) is 0. The van der Waals surface area contributed by atoms with Gasteiger partial charge in [0.1, 0.15) is 0 Å². The van der Waals surface area contributed by atoms with E-state index in [4.69, 9.17) is 0 Å². The molecule has 0 bridgehead atoms. The maximum Gasteiger partial charge on any atom is 3.00 e. The van der Waals surface area contributed by atoms with Crippen molar-refractivity contribution in [3.63, 3.8) is 0 Å². The van der Waals surface area contributed by atoms with Crippen molar-refractivity contribution in [2.24, 2.45) is 0 Å². The second-order valence-electron chi connectivity index (χ2n) is 4.16. The third-order valence-electron chi connectivity index (χ3n) is 2.36. The Labute approximate surface area is 138 Å². The van der Waals surface area contributed by atoms with Crippen LogP contribution in [0.1, 0.15) is 17.5 Å². The van der Waals surface area contributed by atoms with Crippen LogP contribution >= 0.6 is 0 Å².